The number of rotatable bonds is 3. The van der Waals surface area contributed by atoms with Gasteiger partial charge in [0.25, 0.3) is 0 Å². The molecule has 1 amide bonds. The fourth-order valence-electron chi connectivity index (χ4n) is 3.23. The van der Waals surface area contributed by atoms with E-state index >= 15 is 0 Å². The Balaban J connectivity index is 1.72. The maximum absolute atomic E-state index is 12.2. The second-order valence-corrected chi connectivity index (χ2v) is 5.52. The highest BCUT2D eigenvalue weighted by atomic mass is 16.4. The van der Waals surface area contributed by atoms with Gasteiger partial charge in [0.15, 0.2) is 0 Å². The third kappa shape index (κ3) is 2.09. The Bertz CT molecular complexity index is 535. The van der Waals surface area contributed by atoms with Crippen LogP contribution in [-0.4, -0.2) is 22.0 Å². The third-order valence-electron chi connectivity index (χ3n) is 4.39. The van der Waals surface area contributed by atoms with Crippen molar-refractivity contribution in [3.63, 3.8) is 0 Å². The molecule has 0 bridgehead atoms. The molecule has 1 aromatic rings. The molecule has 0 radical (unpaired) electrons. The van der Waals surface area contributed by atoms with Gasteiger partial charge in [-0.3, -0.25) is 4.79 Å². The van der Waals surface area contributed by atoms with Gasteiger partial charge in [0.1, 0.15) is 11.4 Å². The minimum atomic E-state index is -1.07. The van der Waals surface area contributed by atoms with Crippen LogP contribution in [0.3, 0.4) is 0 Å². The normalized spacial score (nSPS) is 23.3. The predicted molar refractivity (Wildman–Crippen MR) is 68.8 cm³/mol. The first-order valence-corrected chi connectivity index (χ1v) is 6.62. The number of carbonyl (C=O) groups excluding carboxylic acids is 1. The van der Waals surface area contributed by atoms with Gasteiger partial charge in [0, 0.05) is 12.1 Å². The standard InChI is InChI=1S/C14H16N2O3/c17-12(10-8-14(10)5-1-2-6-14)16-11-9(13(18)19)4-3-7-15-11/h3-4,7,10H,1-2,5-6,8H2,(H,18,19)(H,15,16,17). The van der Waals surface area contributed by atoms with Crippen molar-refractivity contribution in [2.45, 2.75) is 32.1 Å². The molecule has 5 heteroatoms. The van der Waals surface area contributed by atoms with E-state index in [1.807, 2.05) is 0 Å². The first kappa shape index (κ1) is 12.1. The quantitative estimate of drug-likeness (QED) is 0.874. The van der Waals surface area contributed by atoms with Crippen LogP contribution >= 0.6 is 0 Å². The number of pyridine rings is 1. The van der Waals surface area contributed by atoms with E-state index < -0.39 is 5.97 Å². The third-order valence-corrected chi connectivity index (χ3v) is 4.39. The van der Waals surface area contributed by atoms with E-state index in [0.717, 1.165) is 19.3 Å². The first-order valence-electron chi connectivity index (χ1n) is 6.62. The van der Waals surface area contributed by atoms with Crippen molar-refractivity contribution >= 4 is 17.7 Å². The lowest BCUT2D eigenvalue weighted by Crippen LogP contribution is -2.20. The number of amides is 1. The summed E-state index contributed by atoms with van der Waals surface area (Å²) < 4.78 is 0. The SMILES string of the molecule is O=C(O)c1cccnc1NC(=O)C1CC12CCCC2. The van der Waals surface area contributed by atoms with Crippen molar-refractivity contribution in [1.82, 2.24) is 4.98 Å². The van der Waals surface area contributed by atoms with E-state index in [0.29, 0.717) is 0 Å². The number of carbonyl (C=O) groups is 2. The summed E-state index contributed by atoms with van der Waals surface area (Å²) in [5.41, 5.74) is 0.249. The monoisotopic (exact) mass is 260 g/mol. The molecule has 5 nitrogen and oxygen atoms in total. The molecular formula is C14H16N2O3. The summed E-state index contributed by atoms with van der Waals surface area (Å²) in [6.07, 6.45) is 7.08. The summed E-state index contributed by atoms with van der Waals surface area (Å²) in [7, 11) is 0. The number of aromatic carboxylic acids is 1. The average Bonchev–Trinajstić information content (AvgIpc) is 2.88. The summed E-state index contributed by atoms with van der Waals surface area (Å²) in [5, 5.41) is 11.7. The summed E-state index contributed by atoms with van der Waals surface area (Å²) in [6, 6.07) is 3.00. The number of carboxylic acid groups (broad SMARTS) is 1. The van der Waals surface area contributed by atoms with Crippen molar-refractivity contribution < 1.29 is 14.7 Å². The Morgan fingerprint density at radius 3 is 2.79 bits per heavy atom. The molecule has 1 aromatic heterocycles. The molecule has 2 aliphatic carbocycles. The second-order valence-electron chi connectivity index (χ2n) is 5.52. The highest BCUT2D eigenvalue weighted by molar-refractivity contribution is 6.00. The zero-order valence-corrected chi connectivity index (χ0v) is 10.6. The number of anilines is 1. The summed E-state index contributed by atoms with van der Waals surface area (Å²) in [4.78, 5) is 27.2. The lowest BCUT2D eigenvalue weighted by molar-refractivity contribution is -0.118. The highest BCUT2D eigenvalue weighted by Gasteiger charge is 2.58. The molecule has 100 valence electrons. The molecule has 1 heterocycles. The number of carboxylic acids is 1. The Hall–Kier alpha value is -1.91. The Labute approximate surface area is 111 Å². The van der Waals surface area contributed by atoms with Crippen molar-refractivity contribution in [3.8, 4) is 0 Å². The van der Waals surface area contributed by atoms with Crippen molar-refractivity contribution in [2.75, 3.05) is 5.32 Å². The molecule has 1 atom stereocenters. The topological polar surface area (TPSA) is 79.3 Å². The van der Waals surface area contributed by atoms with Gasteiger partial charge in [-0.15, -0.1) is 0 Å². The van der Waals surface area contributed by atoms with Crippen LogP contribution in [0.25, 0.3) is 0 Å². The van der Waals surface area contributed by atoms with Crippen LogP contribution in [0.2, 0.25) is 0 Å². The molecule has 1 unspecified atom stereocenters. The van der Waals surface area contributed by atoms with Crippen LogP contribution in [0.4, 0.5) is 5.82 Å². The Morgan fingerprint density at radius 1 is 1.37 bits per heavy atom. The zero-order valence-electron chi connectivity index (χ0n) is 10.6. The number of aromatic nitrogens is 1. The Morgan fingerprint density at radius 2 is 2.11 bits per heavy atom. The molecular weight excluding hydrogens is 244 g/mol. The van der Waals surface area contributed by atoms with Gasteiger partial charge in [0.05, 0.1) is 0 Å². The van der Waals surface area contributed by atoms with E-state index in [4.69, 9.17) is 5.11 Å². The number of nitrogens with one attached hydrogen (secondary N) is 1. The molecule has 2 aliphatic rings. The van der Waals surface area contributed by atoms with Crippen molar-refractivity contribution in [3.05, 3.63) is 23.9 Å². The van der Waals surface area contributed by atoms with E-state index in [9.17, 15) is 9.59 Å². The van der Waals surface area contributed by atoms with Gasteiger partial charge < -0.3 is 10.4 Å². The number of hydrogen-bond donors (Lipinski definition) is 2. The van der Waals surface area contributed by atoms with Gasteiger partial charge in [-0.2, -0.15) is 0 Å². The van der Waals surface area contributed by atoms with E-state index in [1.165, 1.54) is 25.1 Å². The molecule has 2 saturated carbocycles. The zero-order chi connectivity index (χ0) is 13.5. The second kappa shape index (κ2) is 4.33. The van der Waals surface area contributed by atoms with Crippen LogP contribution < -0.4 is 5.32 Å². The highest BCUT2D eigenvalue weighted by Crippen LogP contribution is 2.63. The molecule has 1 spiro atoms. The molecule has 19 heavy (non-hydrogen) atoms. The van der Waals surface area contributed by atoms with Gasteiger partial charge >= 0.3 is 5.97 Å². The van der Waals surface area contributed by atoms with Crippen LogP contribution in [0.1, 0.15) is 42.5 Å². The molecule has 0 saturated heterocycles. The first-order chi connectivity index (χ1) is 9.12. The van der Waals surface area contributed by atoms with Crippen LogP contribution in [0.15, 0.2) is 18.3 Å². The van der Waals surface area contributed by atoms with Crippen LogP contribution in [-0.2, 0) is 4.79 Å². The van der Waals surface area contributed by atoms with Gasteiger partial charge in [0.2, 0.25) is 5.91 Å². The average molecular weight is 260 g/mol. The maximum atomic E-state index is 12.2. The van der Waals surface area contributed by atoms with E-state index in [1.54, 1.807) is 6.07 Å². The summed E-state index contributed by atoms with van der Waals surface area (Å²) in [6.45, 7) is 0. The van der Waals surface area contributed by atoms with Crippen molar-refractivity contribution in [1.29, 1.82) is 0 Å². The minimum absolute atomic E-state index is 0.0389. The lowest BCUT2D eigenvalue weighted by Gasteiger charge is -2.09. The van der Waals surface area contributed by atoms with Gasteiger partial charge in [-0.25, -0.2) is 9.78 Å². The predicted octanol–water partition coefficient (Wildman–Crippen LogP) is 2.30. The summed E-state index contributed by atoms with van der Waals surface area (Å²) in [5.74, 6) is -0.962. The largest absolute Gasteiger partial charge is 0.478 e. The smallest absolute Gasteiger partial charge is 0.339 e. The molecule has 2 fully saturated rings. The van der Waals surface area contributed by atoms with Gasteiger partial charge in [-0.1, -0.05) is 12.8 Å². The number of hydrogen-bond acceptors (Lipinski definition) is 3. The van der Waals surface area contributed by atoms with E-state index in [-0.39, 0.29) is 28.6 Å². The van der Waals surface area contributed by atoms with Crippen LogP contribution in [0.5, 0.6) is 0 Å². The fraction of sp³-hybridized carbons (Fsp3) is 0.500. The Kier molecular flexibility index (Phi) is 2.77. The maximum Gasteiger partial charge on any atom is 0.339 e. The fourth-order valence-corrected chi connectivity index (χ4v) is 3.23. The van der Waals surface area contributed by atoms with Gasteiger partial charge in [-0.05, 0) is 36.8 Å². The molecule has 2 N–H and O–H groups in total. The van der Waals surface area contributed by atoms with Crippen molar-refractivity contribution in [2.24, 2.45) is 11.3 Å². The van der Waals surface area contributed by atoms with Crippen LogP contribution in [0, 0.1) is 11.3 Å². The minimum Gasteiger partial charge on any atom is -0.478 e. The lowest BCUT2D eigenvalue weighted by atomic mass is 10.0. The molecule has 3 rings (SSSR count). The number of nitrogens with zero attached hydrogens (tertiary/aromatic N) is 1. The summed E-state index contributed by atoms with van der Waals surface area (Å²) >= 11 is 0. The van der Waals surface area contributed by atoms with E-state index in [2.05, 4.69) is 10.3 Å². The molecule has 0 aromatic carbocycles. The molecule has 0 aliphatic heterocycles.